The molecule has 0 saturated carbocycles. The number of para-hydroxylation sites is 1. The molecule has 5 rings (SSSR count). The number of pyridine rings is 1. The summed E-state index contributed by atoms with van der Waals surface area (Å²) in [5, 5.41) is 6.39. The first-order valence-electron chi connectivity index (χ1n) is 11.9. The lowest BCUT2D eigenvalue weighted by Crippen LogP contribution is -2.13. The predicted octanol–water partition coefficient (Wildman–Crippen LogP) is 8.10. The molecular formula is C30H27N3OS. The average Bonchev–Trinajstić information content (AvgIpc) is 3.36. The summed E-state index contributed by atoms with van der Waals surface area (Å²) in [6.45, 7) is 6.49. The predicted molar refractivity (Wildman–Crippen MR) is 146 cm³/mol. The van der Waals surface area contributed by atoms with Gasteiger partial charge in [-0.1, -0.05) is 86.1 Å². The molecule has 0 aliphatic heterocycles. The molecule has 0 bridgehead atoms. The van der Waals surface area contributed by atoms with E-state index in [9.17, 15) is 4.79 Å². The minimum atomic E-state index is -0.190. The number of carbonyl (C=O) groups excluding carboxylic acids is 1. The first kappa shape index (κ1) is 22.9. The molecule has 1 N–H and O–H groups in total. The number of thiazole rings is 1. The summed E-state index contributed by atoms with van der Waals surface area (Å²) in [6, 6.07) is 26.3. The van der Waals surface area contributed by atoms with Crippen LogP contribution in [0.3, 0.4) is 0 Å². The quantitative estimate of drug-likeness (QED) is 0.269. The minimum Gasteiger partial charge on any atom is -0.298 e. The van der Waals surface area contributed by atoms with Crippen molar-refractivity contribution in [3.8, 4) is 22.5 Å². The van der Waals surface area contributed by atoms with E-state index in [1.54, 1.807) is 0 Å². The molecular weight excluding hydrogens is 450 g/mol. The van der Waals surface area contributed by atoms with Crippen molar-refractivity contribution in [2.75, 3.05) is 5.32 Å². The van der Waals surface area contributed by atoms with E-state index in [-0.39, 0.29) is 5.91 Å². The van der Waals surface area contributed by atoms with Gasteiger partial charge in [0.25, 0.3) is 5.91 Å². The molecule has 0 aliphatic rings. The fourth-order valence-corrected chi connectivity index (χ4v) is 4.80. The monoisotopic (exact) mass is 477 g/mol. The molecule has 3 aromatic carbocycles. The second kappa shape index (κ2) is 9.80. The minimum absolute atomic E-state index is 0.190. The molecule has 1 unspecified atom stereocenters. The highest BCUT2D eigenvalue weighted by atomic mass is 32.1. The normalized spacial score (nSPS) is 12.0. The number of hydrogen-bond acceptors (Lipinski definition) is 4. The van der Waals surface area contributed by atoms with E-state index in [0.717, 1.165) is 39.8 Å². The van der Waals surface area contributed by atoms with Crippen molar-refractivity contribution in [3.63, 3.8) is 0 Å². The number of fused-ring (bicyclic) bond motifs is 1. The van der Waals surface area contributed by atoms with Crippen LogP contribution in [0.4, 0.5) is 5.13 Å². The largest absolute Gasteiger partial charge is 0.298 e. The fraction of sp³-hybridized carbons (Fsp3) is 0.167. The number of nitrogens with zero attached hydrogens (tertiary/aromatic N) is 2. The van der Waals surface area contributed by atoms with Crippen LogP contribution in [0.1, 0.15) is 47.7 Å². The van der Waals surface area contributed by atoms with E-state index < -0.39 is 0 Å². The van der Waals surface area contributed by atoms with Crippen molar-refractivity contribution in [2.45, 2.75) is 33.1 Å². The number of amides is 1. The van der Waals surface area contributed by atoms with Gasteiger partial charge in [0.1, 0.15) is 0 Å². The number of rotatable bonds is 6. The molecule has 1 amide bonds. The van der Waals surface area contributed by atoms with Crippen molar-refractivity contribution in [1.29, 1.82) is 0 Å². The number of nitrogens with one attached hydrogen (secondary N) is 1. The van der Waals surface area contributed by atoms with Gasteiger partial charge in [0.2, 0.25) is 0 Å². The molecule has 0 saturated heterocycles. The summed E-state index contributed by atoms with van der Waals surface area (Å²) in [5.74, 6) is 0.347. The Morgan fingerprint density at radius 1 is 0.914 bits per heavy atom. The maximum absolute atomic E-state index is 13.4. The van der Waals surface area contributed by atoms with E-state index in [1.165, 1.54) is 22.5 Å². The van der Waals surface area contributed by atoms with Gasteiger partial charge in [0, 0.05) is 21.9 Å². The number of aryl methyl sites for hydroxylation is 1. The Morgan fingerprint density at radius 3 is 2.34 bits per heavy atom. The van der Waals surface area contributed by atoms with Gasteiger partial charge >= 0.3 is 0 Å². The van der Waals surface area contributed by atoms with Gasteiger partial charge in [-0.2, -0.15) is 0 Å². The number of anilines is 1. The first-order chi connectivity index (χ1) is 17.0. The Hall–Kier alpha value is -3.83. The third-order valence-corrected chi connectivity index (χ3v) is 7.18. The Balaban J connectivity index is 1.43. The molecule has 5 aromatic rings. The molecule has 0 aliphatic carbocycles. The van der Waals surface area contributed by atoms with E-state index in [4.69, 9.17) is 4.98 Å². The molecule has 5 heteroatoms. The number of hydrogen-bond donors (Lipinski definition) is 1. The number of aromatic nitrogens is 2. The van der Waals surface area contributed by atoms with Gasteiger partial charge in [-0.05, 0) is 37.0 Å². The van der Waals surface area contributed by atoms with Gasteiger partial charge in [-0.25, -0.2) is 9.97 Å². The molecule has 35 heavy (non-hydrogen) atoms. The van der Waals surface area contributed by atoms with Crippen LogP contribution in [0.25, 0.3) is 33.4 Å². The highest BCUT2D eigenvalue weighted by Gasteiger charge is 2.16. The standard InChI is InChI=1S/C30H27N3OS/c1-4-20(3)21-13-15-23(16-14-21)28-18-35-30(32-28)33-29(34)25-17-27(22-11-9-19(2)10-12-22)31-26-8-6-5-7-24(25)26/h5-18,20H,4H2,1-3H3,(H,32,33,34). The lowest BCUT2D eigenvalue weighted by molar-refractivity contribution is 0.102. The average molecular weight is 478 g/mol. The fourth-order valence-electron chi connectivity index (χ4n) is 4.08. The number of benzene rings is 3. The van der Waals surface area contributed by atoms with Crippen molar-refractivity contribution in [3.05, 3.63) is 101 Å². The lowest BCUT2D eigenvalue weighted by Gasteiger charge is -2.10. The smallest absolute Gasteiger partial charge is 0.258 e. The Morgan fingerprint density at radius 2 is 1.60 bits per heavy atom. The van der Waals surface area contributed by atoms with Gasteiger partial charge in [0.05, 0.1) is 22.5 Å². The second-order valence-corrected chi connectivity index (χ2v) is 9.72. The summed E-state index contributed by atoms with van der Waals surface area (Å²) in [4.78, 5) is 22.9. The van der Waals surface area contributed by atoms with Gasteiger partial charge in [-0.3, -0.25) is 10.1 Å². The van der Waals surface area contributed by atoms with Gasteiger partial charge in [0.15, 0.2) is 5.13 Å². The molecule has 0 radical (unpaired) electrons. The molecule has 0 spiro atoms. The molecule has 2 heterocycles. The van der Waals surface area contributed by atoms with Crippen LogP contribution >= 0.6 is 11.3 Å². The second-order valence-electron chi connectivity index (χ2n) is 8.86. The van der Waals surface area contributed by atoms with Crippen LogP contribution in [-0.4, -0.2) is 15.9 Å². The Labute approximate surface area is 209 Å². The molecule has 174 valence electrons. The summed E-state index contributed by atoms with van der Waals surface area (Å²) in [6.07, 6.45) is 1.11. The maximum atomic E-state index is 13.4. The molecule has 2 aromatic heterocycles. The number of carbonyl (C=O) groups is 1. The van der Waals surface area contributed by atoms with Crippen LogP contribution in [0.5, 0.6) is 0 Å². The summed E-state index contributed by atoms with van der Waals surface area (Å²) >= 11 is 1.43. The van der Waals surface area contributed by atoms with Crippen molar-refractivity contribution in [1.82, 2.24) is 9.97 Å². The summed E-state index contributed by atoms with van der Waals surface area (Å²) < 4.78 is 0. The van der Waals surface area contributed by atoms with Crippen LogP contribution < -0.4 is 5.32 Å². The molecule has 0 fully saturated rings. The molecule has 4 nitrogen and oxygen atoms in total. The zero-order valence-corrected chi connectivity index (χ0v) is 20.9. The van der Waals surface area contributed by atoms with Crippen LogP contribution in [0.15, 0.2) is 84.2 Å². The zero-order chi connectivity index (χ0) is 24.4. The van der Waals surface area contributed by atoms with Crippen molar-refractivity contribution >= 4 is 33.3 Å². The Kier molecular flexibility index (Phi) is 6.43. The van der Waals surface area contributed by atoms with E-state index in [0.29, 0.717) is 16.6 Å². The lowest BCUT2D eigenvalue weighted by atomic mass is 9.97. The van der Waals surface area contributed by atoms with Gasteiger partial charge < -0.3 is 0 Å². The van der Waals surface area contributed by atoms with Gasteiger partial charge in [-0.15, -0.1) is 11.3 Å². The Bertz CT molecular complexity index is 1490. The topological polar surface area (TPSA) is 54.9 Å². The van der Waals surface area contributed by atoms with Crippen molar-refractivity contribution < 1.29 is 4.79 Å². The summed E-state index contributed by atoms with van der Waals surface area (Å²) in [7, 11) is 0. The van der Waals surface area contributed by atoms with Crippen LogP contribution in [0.2, 0.25) is 0 Å². The van der Waals surface area contributed by atoms with Crippen LogP contribution in [-0.2, 0) is 0 Å². The zero-order valence-electron chi connectivity index (χ0n) is 20.1. The van der Waals surface area contributed by atoms with Crippen LogP contribution in [0, 0.1) is 6.92 Å². The van der Waals surface area contributed by atoms with E-state index >= 15 is 0 Å². The van der Waals surface area contributed by atoms with Crippen molar-refractivity contribution in [2.24, 2.45) is 0 Å². The maximum Gasteiger partial charge on any atom is 0.258 e. The molecule has 1 atom stereocenters. The first-order valence-corrected chi connectivity index (χ1v) is 12.7. The van der Waals surface area contributed by atoms with E-state index in [1.807, 2.05) is 47.8 Å². The third kappa shape index (κ3) is 4.86. The summed E-state index contributed by atoms with van der Waals surface area (Å²) in [5.41, 5.74) is 7.54. The van der Waals surface area contributed by atoms with E-state index in [2.05, 4.69) is 67.5 Å². The highest BCUT2D eigenvalue weighted by Crippen LogP contribution is 2.29. The SMILES string of the molecule is CCC(C)c1ccc(-c2csc(NC(=O)c3cc(-c4ccc(C)cc4)nc4ccccc34)n2)cc1. The highest BCUT2D eigenvalue weighted by molar-refractivity contribution is 7.14. The third-order valence-electron chi connectivity index (χ3n) is 6.42.